The second kappa shape index (κ2) is 6.67. The Balaban J connectivity index is 1.44. The molecule has 26 heavy (non-hydrogen) atoms. The average Bonchev–Trinajstić information content (AvgIpc) is 3.22. The number of nitrogens with one attached hydrogen (secondary N) is 1. The molecule has 2 atom stereocenters. The lowest BCUT2D eigenvalue weighted by Gasteiger charge is -2.19. The van der Waals surface area contributed by atoms with Gasteiger partial charge < -0.3 is 10.2 Å². The lowest BCUT2D eigenvalue weighted by Crippen LogP contribution is -2.21. The van der Waals surface area contributed by atoms with Crippen LogP contribution in [-0.2, 0) is 4.79 Å². The molecule has 1 N–H and O–H groups in total. The third-order valence-electron chi connectivity index (χ3n) is 5.13. The predicted octanol–water partition coefficient (Wildman–Crippen LogP) is 4.45. The summed E-state index contributed by atoms with van der Waals surface area (Å²) in [4.78, 5) is 14.0. The van der Waals surface area contributed by atoms with Crippen LogP contribution in [0.15, 0.2) is 36.4 Å². The van der Waals surface area contributed by atoms with Gasteiger partial charge in [-0.15, -0.1) is 0 Å². The molecule has 1 saturated heterocycles. The summed E-state index contributed by atoms with van der Waals surface area (Å²) in [5.41, 5.74) is 1.00. The number of hydrogen-bond acceptors (Lipinski definition) is 2. The number of carbonyl (C=O) groups excluding carboxylic acids is 1. The molecule has 6 heteroatoms. The molecule has 0 radical (unpaired) electrons. The van der Waals surface area contributed by atoms with Crippen LogP contribution in [0.3, 0.4) is 0 Å². The molecular formula is C20H19F3N2O. The largest absolute Gasteiger partial charge is 0.367 e. The van der Waals surface area contributed by atoms with Crippen molar-refractivity contribution >= 4 is 17.3 Å². The fourth-order valence-electron chi connectivity index (χ4n) is 3.68. The van der Waals surface area contributed by atoms with Crippen LogP contribution in [0.4, 0.5) is 24.5 Å². The maximum absolute atomic E-state index is 14.3. The fraction of sp³-hybridized carbons (Fsp3) is 0.350. The van der Waals surface area contributed by atoms with E-state index >= 15 is 0 Å². The van der Waals surface area contributed by atoms with Crippen molar-refractivity contribution in [3.63, 3.8) is 0 Å². The molecule has 1 heterocycles. The number of benzene rings is 2. The van der Waals surface area contributed by atoms with Crippen LogP contribution in [0.1, 0.15) is 30.7 Å². The summed E-state index contributed by atoms with van der Waals surface area (Å²) in [6.07, 6.45) is 2.49. The van der Waals surface area contributed by atoms with E-state index in [0.717, 1.165) is 18.4 Å². The van der Waals surface area contributed by atoms with Crippen molar-refractivity contribution in [1.29, 1.82) is 0 Å². The molecule has 136 valence electrons. The number of anilines is 2. The Hall–Kier alpha value is -2.50. The quantitative estimate of drug-likeness (QED) is 0.874. The second-order valence-electron chi connectivity index (χ2n) is 6.97. The molecule has 2 fully saturated rings. The first-order valence-corrected chi connectivity index (χ1v) is 8.83. The van der Waals surface area contributed by atoms with Gasteiger partial charge in [0.05, 0.1) is 0 Å². The van der Waals surface area contributed by atoms with E-state index in [1.54, 1.807) is 17.0 Å². The number of halogens is 3. The molecule has 2 aromatic carbocycles. The topological polar surface area (TPSA) is 32.3 Å². The van der Waals surface area contributed by atoms with Crippen molar-refractivity contribution in [3.8, 4) is 0 Å². The van der Waals surface area contributed by atoms with E-state index in [2.05, 4.69) is 5.32 Å². The number of nitrogens with zero attached hydrogens (tertiary/aromatic N) is 1. The van der Waals surface area contributed by atoms with Crippen molar-refractivity contribution in [1.82, 2.24) is 0 Å². The zero-order valence-corrected chi connectivity index (χ0v) is 14.1. The summed E-state index contributed by atoms with van der Waals surface area (Å²) < 4.78 is 41.7. The summed E-state index contributed by atoms with van der Waals surface area (Å²) >= 11 is 0. The summed E-state index contributed by atoms with van der Waals surface area (Å²) in [6, 6.07) is 8.40. The van der Waals surface area contributed by atoms with Gasteiger partial charge in [0.15, 0.2) is 11.6 Å². The van der Waals surface area contributed by atoms with E-state index in [4.69, 9.17) is 0 Å². The number of rotatable bonds is 4. The fourth-order valence-corrected chi connectivity index (χ4v) is 3.68. The Labute approximate surface area is 149 Å². The molecule has 4 rings (SSSR count). The van der Waals surface area contributed by atoms with E-state index in [-0.39, 0.29) is 34.9 Å². The predicted molar refractivity (Wildman–Crippen MR) is 93.7 cm³/mol. The van der Waals surface area contributed by atoms with Crippen molar-refractivity contribution in [2.24, 2.45) is 5.92 Å². The van der Waals surface area contributed by atoms with Crippen molar-refractivity contribution < 1.29 is 18.0 Å². The Bertz CT molecular complexity index is 808. The second-order valence-corrected chi connectivity index (χ2v) is 6.97. The molecule has 2 unspecified atom stereocenters. The molecule has 1 saturated carbocycles. The third-order valence-corrected chi connectivity index (χ3v) is 5.13. The van der Waals surface area contributed by atoms with Crippen molar-refractivity contribution in [3.05, 3.63) is 59.4 Å². The minimum absolute atomic E-state index is 0.0175. The van der Waals surface area contributed by atoms with Crippen molar-refractivity contribution in [2.45, 2.75) is 25.2 Å². The molecule has 2 aromatic rings. The molecule has 0 aromatic heterocycles. The summed E-state index contributed by atoms with van der Waals surface area (Å²) in [5, 5.41) is 2.60. The van der Waals surface area contributed by atoms with Gasteiger partial charge in [0, 0.05) is 24.7 Å². The highest BCUT2D eigenvalue weighted by atomic mass is 19.1. The van der Waals surface area contributed by atoms with Crippen LogP contribution in [0.2, 0.25) is 0 Å². The number of carbonyl (C=O) groups is 1. The highest BCUT2D eigenvalue weighted by Crippen LogP contribution is 2.48. The first-order chi connectivity index (χ1) is 12.5. The van der Waals surface area contributed by atoms with Gasteiger partial charge in [0.2, 0.25) is 5.91 Å². The van der Waals surface area contributed by atoms with Gasteiger partial charge in [-0.05, 0) is 55.0 Å². The summed E-state index contributed by atoms with van der Waals surface area (Å²) in [5.74, 6) is -2.15. The molecule has 1 amide bonds. The Morgan fingerprint density at radius 3 is 2.23 bits per heavy atom. The van der Waals surface area contributed by atoms with Gasteiger partial charge in [-0.25, -0.2) is 13.2 Å². The minimum Gasteiger partial charge on any atom is -0.367 e. The standard InChI is InChI=1S/C20H19F3N2O/c21-13-5-3-12(4-6-13)15-11-16(15)20(26)24-14-9-17(22)19(18(23)10-14)25-7-1-2-8-25/h3-6,9-10,15-16H,1-2,7-8,11H2,(H,24,26). The maximum atomic E-state index is 14.3. The zero-order valence-electron chi connectivity index (χ0n) is 14.1. The van der Waals surface area contributed by atoms with Crippen LogP contribution in [0.5, 0.6) is 0 Å². The van der Waals surface area contributed by atoms with Gasteiger partial charge in [0.25, 0.3) is 0 Å². The molecule has 1 aliphatic carbocycles. The molecule has 0 bridgehead atoms. The van der Waals surface area contributed by atoms with E-state index in [1.165, 1.54) is 24.3 Å². The number of amides is 1. The first-order valence-electron chi connectivity index (χ1n) is 8.83. The Morgan fingerprint density at radius 2 is 1.62 bits per heavy atom. The monoisotopic (exact) mass is 360 g/mol. The van der Waals surface area contributed by atoms with Crippen LogP contribution in [0.25, 0.3) is 0 Å². The van der Waals surface area contributed by atoms with Gasteiger partial charge >= 0.3 is 0 Å². The Morgan fingerprint density at radius 1 is 1.00 bits per heavy atom. The van der Waals surface area contributed by atoms with Crippen LogP contribution < -0.4 is 10.2 Å². The van der Waals surface area contributed by atoms with E-state index < -0.39 is 11.6 Å². The van der Waals surface area contributed by atoms with E-state index in [1.807, 2.05) is 0 Å². The lowest BCUT2D eigenvalue weighted by molar-refractivity contribution is -0.117. The lowest BCUT2D eigenvalue weighted by atomic mass is 10.1. The van der Waals surface area contributed by atoms with Gasteiger partial charge in [-0.1, -0.05) is 12.1 Å². The smallest absolute Gasteiger partial charge is 0.228 e. The van der Waals surface area contributed by atoms with Crippen LogP contribution in [0, 0.1) is 23.4 Å². The first kappa shape index (κ1) is 16.9. The summed E-state index contributed by atoms with van der Waals surface area (Å²) in [7, 11) is 0. The molecule has 0 spiro atoms. The van der Waals surface area contributed by atoms with E-state index in [0.29, 0.717) is 19.5 Å². The Kier molecular flexibility index (Phi) is 4.34. The highest BCUT2D eigenvalue weighted by Gasteiger charge is 2.44. The highest BCUT2D eigenvalue weighted by molar-refractivity contribution is 5.95. The zero-order chi connectivity index (χ0) is 18.3. The van der Waals surface area contributed by atoms with Gasteiger partial charge in [-0.2, -0.15) is 0 Å². The normalized spacial score (nSPS) is 21.7. The SMILES string of the molecule is O=C(Nc1cc(F)c(N2CCCC2)c(F)c1)C1CC1c1ccc(F)cc1. The van der Waals surface area contributed by atoms with Crippen LogP contribution >= 0.6 is 0 Å². The van der Waals surface area contributed by atoms with Gasteiger partial charge in [0.1, 0.15) is 11.5 Å². The summed E-state index contributed by atoms with van der Waals surface area (Å²) in [6.45, 7) is 1.28. The van der Waals surface area contributed by atoms with Crippen molar-refractivity contribution in [2.75, 3.05) is 23.3 Å². The molecule has 3 nitrogen and oxygen atoms in total. The van der Waals surface area contributed by atoms with Gasteiger partial charge in [-0.3, -0.25) is 4.79 Å². The molecular weight excluding hydrogens is 341 g/mol. The van der Waals surface area contributed by atoms with Crippen LogP contribution in [-0.4, -0.2) is 19.0 Å². The average molecular weight is 360 g/mol. The third kappa shape index (κ3) is 3.28. The maximum Gasteiger partial charge on any atom is 0.228 e. The molecule has 1 aliphatic heterocycles. The molecule has 2 aliphatic rings. The van der Waals surface area contributed by atoms with E-state index in [9.17, 15) is 18.0 Å². The number of hydrogen-bond donors (Lipinski definition) is 1. The minimum atomic E-state index is -0.659.